The summed E-state index contributed by atoms with van der Waals surface area (Å²) in [4.78, 5) is 9.85. The number of carboxylic acids is 1. The molecule has 1 fully saturated rings. The first-order valence-corrected chi connectivity index (χ1v) is 6.17. The predicted octanol–water partition coefficient (Wildman–Crippen LogP) is 1.33. The molecule has 0 spiro atoms. The molecule has 0 aromatic carbocycles. The normalized spacial score (nSPS) is 19.1. The zero-order valence-electron chi connectivity index (χ0n) is 7.90. The van der Waals surface area contributed by atoms with E-state index < -0.39 is 26.0 Å². The van der Waals surface area contributed by atoms with Gasteiger partial charge in [-0.3, -0.25) is 0 Å². The molecule has 0 bridgehead atoms. The molecular weight excluding hydrogens is 204 g/mol. The van der Waals surface area contributed by atoms with Crippen LogP contribution in [0.5, 0.6) is 0 Å². The topological polar surface area (TPSA) is 71.4 Å². The first-order valence-electron chi connectivity index (χ1n) is 4.62. The Balaban J connectivity index is 2.83. The van der Waals surface area contributed by atoms with E-state index in [4.69, 9.17) is 5.11 Å². The number of carbonyl (C=O) groups is 1. The molecule has 0 aromatic heterocycles. The molecule has 5 heteroatoms. The molecule has 0 unspecified atom stereocenters. The molecular formula is C9H14O4S. The Hall–Kier alpha value is -0.840. The molecule has 1 aliphatic carbocycles. The minimum absolute atomic E-state index is 0.528. The fourth-order valence-corrected chi connectivity index (χ4v) is 3.30. The van der Waals surface area contributed by atoms with Crippen LogP contribution in [0.1, 0.15) is 32.1 Å². The van der Waals surface area contributed by atoms with E-state index in [9.17, 15) is 13.2 Å². The Kier molecular flexibility index (Phi) is 3.31. The van der Waals surface area contributed by atoms with Crippen molar-refractivity contribution in [2.45, 2.75) is 37.4 Å². The Morgan fingerprint density at radius 3 is 2.14 bits per heavy atom. The molecule has 0 heterocycles. The van der Waals surface area contributed by atoms with Crippen LogP contribution in [0.15, 0.2) is 11.5 Å². The zero-order valence-corrected chi connectivity index (χ0v) is 8.72. The smallest absolute Gasteiger partial charge is 0.346 e. The van der Waals surface area contributed by atoms with E-state index in [-0.39, 0.29) is 0 Å². The summed E-state index contributed by atoms with van der Waals surface area (Å²) in [5, 5.41) is 8.04. The fraction of sp³-hybridized carbons (Fsp3) is 0.667. The van der Waals surface area contributed by atoms with Gasteiger partial charge in [0.05, 0.1) is 5.25 Å². The van der Waals surface area contributed by atoms with Crippen LogP contribution in [0.3, 0.4) is 0 Å². The Bertz CT molecular complexity index is 336. The fourth-order valence-electron chi connectivity index (χ4n) is 1.70. The molecule has 0 atom stereocenters. The second kappa shape index (κ2) is 4.13. The quantitative estimate of drug-likeness (QED) is 0.725. The minimum Gasteiger partial charge on any atom is -0.477 e. The van der Waals surface area contributed by atoms with Crippen molar-refractivity contribution in [3.8, 4) is 0 Å². The Morgan fingerprint density at radius 1 is 1.21 bits per heavy atom. The minimum atomic E-state index is -3.66. The summed E-state index contributed by atoms with van der Waals surface area (Å²) in [6.07, 6.45) is 3.88. The van der Waals surface area contributed by atoms with E-state index in [1.807, 2.05) is 0 Å². The van der Waals surface area contributed by atoms with Gasteiger partial charge in [0.2, 0.25) is 0 Å². The third-order valence-electron chi connectivity index (χ3n) is 2.57. The lowest BCUT2D eigenvalue weighted by Gasteiger charge is -2.21. The average Bonchev–Trinajstić information content (AvgIpc) is 2.18. The van der Waals surface area contributed by atoms with Gasteiger partial charge in [0.25, 0.3) is 0 Å². The van der Waals surface area contributed by atoms with Crippen molar-refractivity contribution in [3.05, 3.63) is 11.5 Å². The first kappa shape index (κ1) is 11.2. The summed E-state index contributed by atoms with van der Waals surface area (Å²) in [7, 11) is -3.66. The van der Waals surface area contributed by atoms with Crippen LogP contribution in [0.4, 0.5) is 0 Å². The van der Waals surface area contributed by atoms with E-state index in [1.54, 1.807) is 0 Å². The van der Waals surface area contributed by atoms with Crippen LogP contribution in [0.25, 0.3) is 0 Å². The van der Waals surface area contributed by atoms with Gasteiger partial charge < -0.3 is 5.11 Å². The largest absolute Gasteiger partial charge is 0.477 e. The lowest BCUT2D eigenvalue weighted by Crippen LogP contribution is -2.27. The highest BCUT2D eigenvalue weighted by molar-refractivity contribution is 7.96. The van der Waals surface area contributed by atoms with Crippen molar-refractivity contribution in [2.24, 2.45) is 0 Å². The second-order valence-corrected chi connectivity index (χ2v) is 5.78. The molecule has 0 saturated heterocycles. The molecule has 0 amide bonds. The van der Waals surface area contributed by atoms with Gasteiger partial charge in [-0.15, -0.1) is 0 Å². The van der Waals surface area contributed by atoms with Gasteiger partial charge in [0.1, 0.15) is 4.91 Å². The van der Waals surface area contributed by atoms with E-state index in [0.717, 1.165) is 19.3 Å². The van der Waals surface area contributed by atoms with Gasteiger partial charge in [-0.05, 0) is 12.8 Å². The van der Waals surface area contributed by atoms with Crippen LogP contribution in [0, 0.1) is 0 Å². The van der Waals surface area contributed by atoms with Crippen LogP contribution >= 0.6 is 0 Å². The summed E-state index contributed by atoms with van der Waals surface area (Å²) in [6, 6.07) is 0. The molecule has 0 aliphatic heterocycles. The van der Waals surface area contributed by atoms with E-state index in [2.05, 4.69) is 6.58 Å². The third kappa shape index (κ3) is 2.15. The number of carboxylic acid groups (broad SMARTS) is 1. The van der Waals surface area contributed by atoms with Gasteiger partial charge >= 0.3 is 5.97 Å². The highest BCUT2D eigenvalue weighted by Gasteiger charge is 2.32. The molecule has 1 aliphatic rings. The SMILES string of the molecule is C=C(C(=O)O)S(=O)(=O)C1CCCCC1. The summed E-state index contributed by atoms with van der Waals surface area (Å²) < 4.78 is 23.3. The van der Waals surface area contributed by atoms with Crippen LogP contribution in [-0.2, 0) is 14.6 Å². The van der Waals surface area contributed by atoms with Gasteiger partial charge in [0.15, 0.2) is 9.84 Å². The van der Waals surface area contributed by atoms with Crippen LogP contribution in [-0.4, -0.2) is 24.7 Å². The van der Waals surface area contributed by atoms with Crippen LogP contribution < -0.4 is 0 Å². The second-order valence-electron chi connectivity index (χ2n) is 3.53. The molecule has 80 valence electrons. The van der Waals surface area contributed by atoms with Crippen molar-refractivity contribution in [1.82, 2.24) is 0 Å². The van der Waals surface area contributed by atoms with Crippen molar-refractivity contribution in [2.75, 3.05) is 0 Å². The molecule has 1 rings (SSSR count). The summed E-state index contributed by atoms with van der Waals surface area (Å²) in [5.74, 6) is -1.43. The zero-order chi connectivity index (χ0) is 10.8. The first-order chi connectivity index (χ1) is 6.46. The molecule has 0 radical (unpaired) electrons. The summed E-state index contributed by atoms with van der Waals surface area (Å²) in [5.41, 5.74) is 0. The molecule has 1 N–H and O–H groups in total. The van der Waals surface area contributed by atoms with E-state index in [1.165, 1.54) is 0 Å². The summed E-state index contributed by atoms with van der Waals surface area (Å²) >= 11 is 0. The number of sulfone groups is 1. The van der Waals surface area contributed by atoms with Crippen molar-refractivity contribution >= 4 is 15.8 Å². The molecule has 4 nitrogen and oxygen atoms in total. The van der Waals surface area contributed by atoms with E-state index >= 15 is 0 Å². The lowest BCUT2D eigenvalue weighted by atomic mass is 10.0. The maximum atomic E-state index is 11.6. The highest BCUT2D eigenvalue weighted by Crippen LogP contribution is 2.27. The van der Waals surface area contributed by atoms with Gasteiger partial charge in [0, 0.05) is 0 Å². The monoisotopic (exact) mass is 218 g/mol. The predicted molar refractivity (Wildman–Crippen MR) is 52.6 cm³/mol. The maximum Gasteiger partial charge on any atom is 0.346 e. The number of rotatable bonds is 3. The number of hydrogen-bond donors (Lipinski definition) is 1. The average molecular weight is 218 g/mol. The lowest BCUT2D eigenvalue weighted by molar-refractivity contribution is -0.131. The summed E-state index contributed by atoms with van der Waals surface area (Å²) in [6.45, 7) is 3.11. The van der Waals surface area contributed by atoms with Crippen molar-refractivity contribution in [1.29, 1.82) is 0 Å². The van der Waals surface area contributed by atoms with Crippen molar-refractivity contribution < 1.29 is 18.3 Å². The van der Waals surface area contributed by atoms with Crippen molar-refractivity contribution in [3.63, 3.8) is 0 Å². The molecule has 1 saturated carbocycles. The Labute approximate surface area is 83.5 Å². The van der Waals surface area contributed by atoms with Gasteiger partial charge in [-0.25, -0.2) is 13.2 Å². The maximum absolute atomic E-state index is 11.6. The van der Waals surface area contributed by atoms with Gasteiger partial charge in [-0.1, -0.05) is 25.8 Å². The highest BCUT2D eigenvalue weighted by atomic mass is 32.2. The van der Waals surface area contributed by atoms with Gasteiger partial charge in [-0.2, -0.15) is 0 Å². The molecule has 0 aromatic rings. The Morgan fingerprint density at radius 2 is 1.71 bits per heavy atom. The molecule has 14 heavy (non-hydrogen) atoms. The number of hydrogen-bond acceptors (Lipinski definition) is 3. The standard InChI is InChI=1S/C9H14O4S/c1-7(9(10)11)14(12,13)8-5-3-2-4-6-8/h8H,1-6H2,(H,10,11). The van der Waals surface area contributed by atoms with E-state index in [0.29, 0.717) is 12.8 Å². The number of aliphatic carboxylic acids is 1. The third-order valence-corrected chi connectivity index (χ3v) is 4.78. The van der Waals surface area contributed by atoms with Crippen LogP contribution in [0.2, 0.25) is 0 Å².